The number of carbonyl (C=O) groups excluding carboxylic acids is 1. The lowest BCUT2D eigenvalue weighted by Gasteiger charge is -2.31. The largest absolute Gasteiger partial charge is 0.366 e. The monoisotopic (exact) mass is 340 g/mol. The second-order valence-corrected chi connectivity index (χ2v) is 6.18. The van der Waals surface area contributed by atoms with Gasteiger partial charge in [0.15, 0.2) is 5.82 Å². The minimum atomic E-state index is -0.270. The quantitative estimate of drug-likeness (QED) is 0.750. The predicted molar refractivity (Wildman–Crippen MR) is 90.8 cm³/mol. The Morgan fingerprint density at radius 3 is 3.04 bits per heavy atom. The summed E-state index contributed by atoms with van der Waals surface area (Å²) in [5, 5.41) is 6.95. The van der Waals surface area contributed by atoms with Crippen molar-refractivity contribution < 1.29 is 9.53 Å². The molecule has 0 saturated carbocycles. The number of aryl methyl sites for hydroxylation is 2. The molecule has 3 heterocycles. The van der Waals surface area contributed by atoms with E-state index in [9.17, 15) is 4.79 Å². The molecule has 1 atom stereocenters. The van der Waals surface area contributed by atoms with Gasteiger partial charge >= 0.3 is 0 Å². The number of aromatic nitrogens is 5. The van der Waals surface area contributed by atoms with Gasteiger partial charge in [-0.3, -0.25) is 9.89 Å². The van der Waals surface area contributed by atoms with Crippen LogP contribution in [-0.4, -0.2) is 55.7 Å². The van der Waals surface area contributed by atoms with E-state index in [1.165, 1.54) is 0 Å². The average molecular weight is 340 g/mol. The normalized spacial score (nSPS) is 18.0. The molecular formula is C17H20N6O2. The summed E-state index contributed by atoms with van der Waals surface area (Å²) in [6, 6.07) is 7.87. The van der Waals surface area contributed by atoms with Crippen molar-refractivity contribution in [2.75, 3.05) is 19.7 Å². The molecule has 1 fully saturated rings. The number of nitrogens with zero attached hydrogens (tertiary/aromatic N) is 4. The minimum Gasteiger partial charge on any atom is -0.366 e. The van der Waals surface area contributed by atoms with Gasteiger partial charge in [0.1, 0.15) is 17.8 Å². The Labute approximate surface area is 144 Å². The SMILES string of the molecule is Cc1nc(C2CN(C(=O)CCc3nc4ccccc4[nH]3)CCO2)n[nH]1. The standard InChI is InChI=1S/C17H20N6O2/c1-11-18-17(22-21-11)14-10-23(8-9-25-14)16(24)7-6-15-19-12-4-2-3-5-13(12)20-15/h2-5,14H,6-10H2,1H3,(H,19,20)(H,18,21,22). The van der Waals surface area contributed by atoms with Gasteiger partial charge in [-0.1, -0.05) is 12.1 Å². The first-order valence-electron chi connectivity index (χ1n) is 8.41. The van der Waals surface area contributed by atoms with E-state index in [0.29, 0.717) is 38.4 Å². The Balaban J connectivity index is 1.37. The van der Waals surface area contributed by atoms with Gasteiger partial charge in [-0.15, -0.1) is 0 Å². The molecule has 2 N–H and O–H groups in total. The number of nitrogens with one attached hydrogen (secondary N) is 2. The molecule has 3 aromatic rings. The van der Waals surface area contributed by atoms with Crippen molar-refractivity contribution in [3.63, 3.8) is 0 Å². The van der Waals surface area contributed by atoms with E-state index in [2.05, 4.69) is 25.1 Å². The van der Waals surface area contributed by atoms with Crippen molar-refractivity contribution in [3.8, 4) is 0 Å². The number of morpholine rings is 1. The van der Waals surface area contributed by atoms with Crippen molar-refractivity contribution >= 4 is 16.9 Å². The number of benzene rings is 1. The number of ether oxygens (including phenoxy) is 1. The lowest BCUT2D eigenvalue weighted by atomic mass is 10.2. The molecule has 25 heavy (non-hydrogen) atoms. The van der Waals surface area contributed by atoms with E-state index in [-0.39, 0.29) is 12.0 Å². The third-order valence-corrected chi connectivity index (χ3v) is 4.34. The topological polar surface area (TPSA) is 99.8 Å². The third-order valence-electron chi connectivity index (χ3n) is 4.34. The van der Waals surface area contributed by atoms with Crippen LogP contribution in [0.3, 0.4) is 0 Å². The molecule has 1 aromatic carbocycles. The van der Waals surface area contributed by atoms with Crippen LogP contribution in [0.4, 0.5) is 0 Å². The number of H-pyrrole nitrogens is 2. The Morgan fingerprint density at radius 2 is 2.24 bits per heavy atom. The summed E-state index contributed by atoms with van der Waals surface area (Å²) in [6.45, 7) is 3.42. The summed E-state index contributed by atoms with van der Waals surface area (Å²) >= 11 is 0. The molecule has 130 valence electrons. The summed E-state index contributed by atoms with van der Waals surface area (Å²) in [7, 11) is 0. The van der Waals surface area contributed by atoms with Gasteiger partial charge < -0.3 is 14.6 Å². The van der Waals surface area contributed by atoms with Crippen molar-refractivity contribution in [2.45, 2.75) is 25.9 Å². The zero-order chi connectivity index (χ0) is 17.2. The molecule has 1 amide bonds. The van der Waals surface area contributed by atoms with Gasteiger partial charge in [0, 0.05) is 19.4 Å². The summed E-state index contributed by atoms with van der Waals surface area (Å²) in [5.74, 6) is 2.28. The predicted octanol–water partition coefficient (Wildman–Crippen LogP) is 1.52. The van der Waals surface area contributed by atoms with E-state index < -0.39 is 0 Å². The summed E-state index contributed by atoms with van der Waals surface area (Å²) in [5.41, 5.74) is 1.92. The van der Waals surface area contributed by atoms with E-state index in [4.69, 9.17) is 4.74 Å². The van der Waals surface area contributed by atoms with E-state index in [0.717, 1.165) is 22.7 Å². The van der Waals surface area contributed by atoms with Gasteiger partial charge in [0.05, 0.1) is 24.2 Å². The van der Waals surface area contributed by atoms with Crippen LogP contribution < -0.4 is 0 Å². The number of imidazole rings is 1. The Bertz CT molecular complexity index is 853. The number of rotatable bonds is 4. The number of amides is 1. The first-order chi connectivity index (χ1) is 12.2. The number of aromatic amines is 2. The highest BCUT2D eigenvalue weighted by atomic mass is 16.5. The first-order valence-corrected chi connectivity index (χ1v) is 8.41. The van der Waals surface area contributed by atoms with Crippen LogP contribution in [-0.2, 0) is 16.0 Å². The van der Waals surface area contributed by atoms with Crippen LogP contribution in [0.1, 0.15) is 30.0 Å². The van der Waals surface area contributed by atoms with Crippen LogP contribution in [0.15, 0.2) is 24.3 Å². The fourth-order valence-corrected chi connectivity index (χ4v) is 3.04. The van der Waals surface area contributed by atoms with Crippen LogP contribution in [0.25, 0.3) is 11.0 Å². The van der Waals surface area contributed by atoms with Crippen LogP contribution >= 0.6 is 0 Å². The van der Waals surface area contributed by atoms with E-state index in [1.807, 2.05) is 36.1 Å². The second-order valence-electron chi connectivity index (χ2n) is 6.18. The van der Waals surface area contributed by atoms with Gasteiger partial charge in [-0.05, 0) is 19.1 Å². The van der Waals surface area contributed by atoms with Crippen LogP contribution in [0.5, 0.6) is 0 Å². The number of para-hydroxylation sites is 2. The van der Waals surface area contributed by atoms with Crippen molar-refractivity contribution in [1.82, 2.24) is 30.0 Å². The third kappa shape index (κ3) is 3.39. The lowest BCUT2D eigenvalue weighted by Crippen LogP contribution is -2.42. The van der Waals surface area contributed by atoms with Gasteiger partial charge in [0.25, 0.3) is 0 Å². The maximum atomic E-state index is 12.5. The van der Waals surface area contributed by atoms with Crippen LogP contribution in [0.2, 0.25) is 0 Å². The number of hydrogen-bond acceptors (Lipinski definition) is 5. The Hall–Kier alpha value is -2.74. The number of hydrogen-bond donors (Lipinski definition) is 2. The summed E-state index contributed by atoms with van der Waals surface area (Å²) in [6.07, 6.45) is 0.739. The van der Waals surface area contributed by atoms with Crippen molar-refractivity contribution in [1.29, 1.82) is 0 Å². The molecule has 4 rings (SSSR count). The highest BCUT2D eigenvalue weighted by Crippen LogP contribution is 2.20. The van der Waals surface area contributed by atoms with Gasteiger partial charge in [0.2, 0.25) is 5.91 Å². The highest BCUT2D eigenvalue weighted by Gasteiger charge is 2.27. The van der Waals surface area contributed by atoms with E-state index >= 15 is 0 Å². The Kier molecular flexibility index (Phi) is 4.19. The minimum absolute atomic E-state index is 0.0982. The molecule has 0 bridgehead atoms. The zero-order valence-corrected chi connectivity index (χ0v) is 14.0. The zero-order valence-electron chi connectivity index (χ0n) is 14.0. The van der Waals surface area contributed by atoms with Gasteiger partial charge in [-0.25, -0.2) is 9.97 Å². The van der Waals surface area contributed by atoms with Crippen molar-refractivity contribution in [3.05, 3.63) is 41.7 Å². The number of carbonyl (C=O) groups is 1. The summed E-state index contributed by atoms with van der Waals surface area (Å²) < 4.78 is 5.70. The second kappa shape index (κ2) is 6.64. The molecule has 1 aliphatic rings. The molecule has 2 aromatic heterocycles. The number of fused-ring (bicyclic) bond motifs is 1. The average Bonchev–Trinajstić information content (AvgIpc) is 3.25. The molecule has 1 aliphatic heterocycles. The summed E-state index contributed by atoms with van der Waals surface area (Å²) in [4.78, 5) is 26.5. The smallest absolute Gasteiger partial charge is 0.223 e. The molecule has 0 aliphatic carbocycles. The van der Waals surface area contributed by atoms with Crippen molar-refractivity contribution in [2.24, 2.45) is 0 Å². The lowest BCUT2D eigenvalue weighted by molar-refractivity contribution is -0.139. The van der Waals surface area contributed by atoms with Crippen LogP contribution in [0, 0.1) is 6.92 Å². The fourth-order valence-electron chi connectivity index (χ4n) is 3.04. The maximum Gasteiger partial charge on any atom is 0.223 e. The molecule has 8 heteroatoms. The molecule has 8 nitrogen and oxygen atoms in total. The maximum absolute atomic E-state index is 12.5. The van der Waals surface area contributed by atoms with E-state index in [1.54, 1.807) is 0 Å². The Morgan fingerprint density at radius 1 is 1.36 bits per heavy atom. The highest BCUT2D eigenvalue weighted by molar-refractivity contribution is 5.77. The fraction of sp³-hybridized carbons (Fsp3) is 0.412. The molecule has 0 radical (unpaired) electrons. The molecular weight excluding hydrogens is 320 g/mol. The first kappa shape index (κ1) is 15.8. The molecule has 0 spiro atoms. The molecule has 1 unspecified atom stereocenters. The molecule has 1 saturated heterocycles. The van der Waals surface area contributed by atoms with Gasteiger partial charge in [-0.2, -0.15) is 5.10 Å².